The lowest BCUT2D eigenvalue weighted by atomic mass is 10.2. The number of halogens is 4. The second-order valence-electron chi connectivity index (χ2n) is 5.33. The van der Waals surface area contributed by atoms with Crippen LogP contribution in [0.1, 0.15) is 5.56 Å². The third-order valence-electron chi connectivity index (χ3n) is 3.11. The molecule has 0 atom stereocenters. The molecule has 0 aliphatic carbocycles. The zero-order valence-electron chi connectivity index (χ0n) is 14.1. The number of hydrogen-bond donors (Lipinski definition) is 2. The molecule has 0 saturated heterocycles. The van der Waals surface area contributed by atoms with Crippen LogP contribution in [0.2, 0.25) is 0 Å². The molecule has 10 heteroatoms. The average Bonchev–Trinajstić information content (AvgIpc) is 2.61. The lowest BCUT2D eigenvalue weighted by Gasteiger charge is -2.10. The third-order valence-corrected chi connectivity index (χ3v) is 3.11. The second kappa shape index (κ2) is 9.72. The van der Waals surface area contributed by atoms with Crippen molar-refractivity contribution in [1.82, 2.24) is 15.6 Å². The molecule has 0 fully saturated rings. The summed E-state index contributed by atoms with van der Waals surface area (Å²) in [4.78, 5) is 15.4. The molecule has 2 aromatic rings. The monoisotopic (exact) mass is 387 g/mol. The van der Waals surface area contributed by atoms with Crippen LogP contribution in [0.4, 0.5) is 22.4 Å². The van der Waals surface area contributed by atoms with Crippen molar-refractivity contribution >= 4 is 6.03 Å². The van der Waals surface area contributed by atoms with Gasteiger partial charge in [0.2, 0.25) is 0 Å². The van der Waals surface area contributed by atoms with E-state index in [9.17, 15) is 22.4 Å². The smallest absolute Gasteiger partial charge is 0.411 e. The first kappa shape index (κ1) is 20.4. The van der Waals surface area contributed by atoms with Gasteiger partial charge in [0.05, 0.1) is 12.8 Å². The Morgan fingerprint density at radius 1 is 1.19 bits per heavy atom. The minimum absolute atomic E-state index is 0.0121. The molecule has 0 spiro atoms. The molecule has 0 unspecified atom stereocenters. The van der Waals surface area contributed by atoms with Gasteiger partial charge < -0.3 is 20.1 Å². The van der Waals surface area contributed by atoms with E-state index in [4.69, 9.17) is 4.74 Å². The molecule has 2 rings (SSSR count). The highest BCUT2D eigenvalue weighted by Crippen LogP contribution is 2.24. The zero-order valence-corrected chi connectivity index (χ0v) is 14.1. The van der Waals surface area contributed by atoms with E-state index in [1.54, 1.807) is 24.4 Å². The Morgan fingerprint density at radius 2 is 2.00 bits per heavy atom. The number of rotatable bonds is 8. The van der Waals surface area contributed by atoms with Gasteiger partial charge in [-0.25, -0.2) is 9.18 Å². The SMILES string of the molecule is O=C(NCCOCC(F)(F)F)NCc1ccc(Oc2cccnc2)c(F)c1. The largest absolute Gasteiger partial charge is 0.453 e. The maximum absolute atomic E-state index is 14.1. The topological polar surface area (TPSA) is 72.5 Å². The molecule has 0 radical (unpaired) electrons. The summed E-state index contributed by atoms with van der Waals surface area (Å²) in [6.07, 6.45) is -1.40. The Labute approximate surface area is 152 Å². The molecule has 1 heterocycles. The Morgan fingerprint density at radius 3 is 2.67 bits per heavy atom. The Kier molecular flexibility index (Phi) is 7.35. The first-order valence-electron chi connectivity index (χ1n) is 7.86. The van der Waals surface area contributed by atoms with Crippen LogP contribution >= 0.6 is 0 Å². The lowest BCUT2D eigenvalue weighted by molar-refractivity contribution is -0.173. The summed E-state index contributed by atoms with van der Waals surface area (Å²) >= 11 is 0. The van der Waals surface area contributed by atoms with Gasteiger partial charge in [-0.3, -0.25) is 4.98 Å². The highest BCUT2D eigenvalue weighted by Gasteiger charge is 2.27. The third kappa shape index (κ3) is 7.90. The van der Waals surface area contributed by atoms with Crippen molar-refractivity contribution in [3.8, 4) is 11.5 Å². The van der Waals surface area contributed by atoms with E-state index in [0.29, 0.717) is 11.3 Å². The van der Waals surface area contributed by atoms with Gasteiger partial charge in [-0.2, -0.15) is 13.2 Å². The molecule has 0 bridgehead atoms. The number of urea groups is 1. The van der Waals surface area contributed by atoms with Crippen LogP contribution < -0.4 is 15.4 Å². The number of hydrogen-bond acceptors (Lipinski definition) is 4. The van der Waals surface area contributed by atoms with Crippen molar-refractivity contribution in [2.75, 3.05) is 19.8 Å². The fourth-order valence-corrected chi connectivity index (χ4v) is 1.94. The van der Waals surface area contributed by atoms with Crippen LogP contribution in [-0.4, -0.2) is 36.9 Å². The van der Waals surface area contributed by atoms with E-state index in [1.807, 2.05) is 0 Å². The fraction of sp³-hybridized carbons (Fsp3) is 0.294. The summed E-state index contributed by atoms with van der Waals surface area (Å²) in [5.74, 6) is -0.216. The van der Waals surface area contributed by atoms with Gasteiger partial charge >= 0.3 is 12.2 Å². The van der Waals surface area contributed by atoms with Gasteiger partial charge in [-0.15, -0.1) is 0 Å². The summed E-state index contributed by atoms with van der Waals surface area (Å²) < 4.78 is 59.4. The van der Waals surface area contributed by atoms with Gasteiger partial charge in [0.1, 0.15) is 12.4 Å². The maximum Gasteiger partial charge on any atom is 0.411 e. The van der Waals surface area contributed by atoms with E-state index in [2.05, 4.69) is 20.4 Å². The molecule has 1 aromatic carbocycles. The normalized spacial score (nSPS) is 11.1. The van der Waals surface area contributed by atoms with Crippen molar-refractivity contribution in [3.63, 3.8) is 0 Å². The molecule has 2 amide bonds. The summed E-state index contributed by atoms with van der Waals surface area (Å²) in [5.41, 5.74) is 0.481. The molecule has 2 N–H and O–H groups in total. The van der Waals surface area contributed by atoms with Gasteiger partial charge in [-0.05, 0) is 29.8 Å². The molecule has 146 valence electrons. The first-order chi connectivity index (χ1) is 12.8. The second-order valence-corrected chi connectivity index (χ2v) is 5.33. The predicted octanol–water partition coefficient (Wildman–Crippen LogP) is 3.39. The lowest BCUT2D eigenvalue weighted by Crippen LogP contribution is -2.37. The van der Waals surface area contributed by atoms with E-state index >= 15 is 0 Å². The number of ether oxygens (including phenoxy) is 2. The van der Waals surface area contributed by atoms with Crippen molar-refractivity contribution in [2.45, 2.75) is 12.7 Å². The van der Waals surface area contributed by atoms with Crippen molar-refractivity contribution < 1.29 is 31.8 Å². The molecule has 6 nitrogen and oxygen atoms in total. The molecular formula is C17H17F4N3O3. The van der Waals surface area contributed by atoms with Crippen LogP contribution in [0.25, 0.3) is 0 Å². The summed E-state index contributed by atoms with van der Waals surface area (Å²) in [6, 6.07) is 6.87. The highest BCUT2D eigenvalue weighted by atomic mass is 19.4. The van der Waals surface area contributed by atoms with E-state index in [1.165, 1.54) is 18.3 Å². The van der Waals surface area contributed by atoms with Crippen LogP contribution in [-0.2, 0) is 11.3 Å². The van der Waals surface area contributed by atoms with Crippen LogP contribution in [0.15, 0.2) is 42.7 Å². The molecule has 0 saturated carbocycles. The zero-order chi connectivity index (χ0) is 19.7. The van der Waals surface area contributed by atoms with Crippen molar-refractivity contribution in [3.05, 3.63) is 54.1 Å². The standard InChI is InChI=1S/C17H17F4N3O3/c18-14-8-12(3-4-15(14)27-13-2-1-5-22-10-13)9-24-16(25)23-6-7-26-11-17(19,20)21/h1-5,8,10H,6-7,9,11H2,(H2,23,24,25). The van der Waals surface area contributed by atoms with Gasteiger partial charge in [0.15, 0.2) is 11.6 Å². The Bertz CT molecular complexity index is 742. The minimum Gasteiger partial charge on any atom is -0.453 e. The quantitative estimate of drug-likeness (QED) is 0.538. The number of carbonyl (C=O) groups is 1. The fourth-order valence-electron chi connectivity index (χ4n) is 1.94. The number of alkyl halides is 3. The average molecular weight is 387 g/mol. The molecule has 0 aliphatic rings. The number of pyridine rings is 1. The van der Waals surface area contributed by atoms with Gasteiger partial charge in [0.25, 0.3) is 0 Å². The van der Waals surface area contributed by atoms with Gasteiger partial charge in [0, 0.05) is 19.3 Å². The Balaban J connectivity index is 1.72. The summed E-state index contributed by atoms with van der Waals surface area (Å²) in [7, 11) is 0. The van der Waals surface area contributed by atoms with Crippen LogP contribution in [0, 0.1) is 5.82 Å². The minimum atomic E-state index is -4.40. The maximum atomic E-state index is 14.1. The van der Waals surface area contributed by atoms with Gasteiger partial charge in [-0.1, -0.05) is 6.07 Å². The molecule has 27 heavy (non-hydrogen) atoms. The first-order valence-corrected chi connectivity index (χ1v) is 7.86. The van der Waals surface area contributed by atoms with E-state index in [0.717, 1.165) is 0 Å². The highest BCUT2D eigenvalue weighted by molar-refractivity contribution is 5.73. The van der Waals surface area contributed by atoms with E-state index < -0.39 is 24.6 Å². The number of amides is 2. The van der Waals surface area contributed by atoms with Crippen molar-refractivity contribution in [1.29, 1.82) is 0 Å². The number of benzene rings is 1. The number of nitrogens with one attached hydrogen (secondary N) is 2. The molecule has 1 aromatic heterocycles. The van der Waals surface area contributed by atoms with Crippen LogP contribution in [0.3, 0.4) is 0 Å². The molecular weight excluding hydrogens is 370 g/mol. The van der Waals surface area contributed by atoms with E-state index in [-0.39, 0.29) is 25.4 Å². The predicted molar refractivity (Wildman–Crippen MR) is 87.8 cm³/mol. The number of carbonyl (C=O) groups excluding carboxylic acids is 1. The Hall–Kier alpha value is -2.88. The summed E-state index contributed by atoms with van der Waals surface area (Å²) in [5, 5.41) is 4.79. The number of nitrogens with zero attached hydrogens (tertiary/aromatic N) is 1. The van der Waals surface area contributed by atoms with Crippen molar-refractivity contribution in [2.24, 2.45) is 0 Å². The number of aromatic nitrogens is 1. The van der Waals surface area contributed by atoms with Crippen LogP contribution in [0.5, 0.6) is 11.5 Å². The summed E-state index contributed by atoms with van der Waals surface area (Å²) in [6.45, 7) is -1.71. The molecule has 0 aliphatic heterocycles.